The molecule has 0 unspecified atom stereocenters. The van der Waals surface area contributed by atoms with Gasteiger partial charge in [-0.25, -0.2) is 4.79 Å². The molecular weight excluding hydrogens is 298 g/mol. The number of hydrogen-bond donors (Lipinski definition) is 3. The minimum absolute atomic E-state index is 0.203. The van der Waals surface area contributed by atoms with E-state index in [4.69, 9.17) is 5.73 Å². The number of aryl methyl sites for hydroxylation is 1. The lowest BCUT2D eigenvalue weighted by atomic mass is 10.2. The quantitative estimate of drug-likeness (QED) is 0.810. The van der Waals surface area contributed by atoms with E-state index in [2.05, 4.69) is 5.32 Å². The smallest absolute Gasteiger partial charge is 0.319 e. The lowest BCUT2D eigenvalue weighted by Crippen LogP contribution is -2.35. The zero-order valence-electron chi connectivity index (χ0n) is 10.4. The van der Waals surface area contributed by atoms with Crippen molar-refractivity contribution in [3.8, 4) is 0 Å². The maximum Gasteiger partial charge on any atom is 0.319 e. The van der Waals surface area contributed by atoms with Gasteiger partial charge in [0.15, 0.2) is 0 Å². The van der Waals surface area contributed by atoms with Crippen molar-refractivity contribution in [2.75, 3.05) is 5.32 Å². The highest BCUT2D eigenvalue weighted by Gasteiger charge is 2.17. The summed E-state index contributed by atoms with van der Waals surface area (Å²) in [5.41, 5.74) is 5.62. The number of anilines is 1. The summed E-state index contributed by atoms with van der Waals surface area (Å²) in [4.78, 5) is 35.4. The molecule has 0 spiro atoms. The Morgan fingerprint density at radius 2 is 1.95 bits per heavy atom. The number of rotatable bonds is 3. The van der Waals surface area contributed by atoms with E-state index in [1.807, 2.05) is 12.2 Å². The first kappa shape index (κ1) is 14.2. The van der Waals surface area contributed by atoms with Gasteiger partial charge in [0, 0.05) is 10.3 Å². The number of nitrogens with two attached hydrogens (primary N) is 1. The summed E-state index contributed by atoms with van der Waals surface area (Å²) in [5, 5.41) is 8.36. The second kappa shape index (κ2) is 5.85. The first-order chi connectivity index (χ1) is 9.47. The molecule has 0 saturated heterocycles. The number of carbonyl (C=O) groups excluding carboxylic acids is 3. The highest BCUT2D eigenvalue weighted by atomic mass is 32.1. The molecule has 20 heavy (non-hydrogen) atoms. The molecule has 4 amide bonds. The van der Waals surface area contributed by atoms with Gasteiger partial charge in [-0.15, -0.1) is 22.7 Å². The molecule has 2 aromatic heterocycles. The largest absolute Gasteiger partial charge is 0.351 e. The van der Waals surface area contributed by atoms with E-state index in [0.717, 1.165) is 4.88 Å². The number of amides is 4. The molecule has 6 nitrogen and oxygen atoms in total. The van der Waals surface area contributed by atoms with Gasteiger partial charge >= 0.3 is 6.03 Å². The predicted molar refractivity (Wildman–Crippen MR) is 78.4 cm³/mol. The van der Waals surface area contributed by atoms with E-state index in [0.29, 0.717) is 10.6 Å². The van der Waals surface area contributed by atoms with E-state index in [-0.39, 0.29) is 11.5 Å². The van der Waals surface area contributed by atoms with Crippen LogP contribution >= 0.6 is 22.7 Å². The Morgan fingerprint density at radius 3 is 2.55 bits per heavy atom. The van der Waals surface area contributed by atoms with Crippen LogP contribution in [-0.4, -0.2) is 17.8 Å². The maximum atomic E-state index is 12.0. The van der Waals surface area contributed by atoms with Crippen molar-refractivity contribution in [1.29, 1.82) is 0 Å². The lowest BCUT2D eigenvalue weighted by molar-refractivity contribution is 0.0967. The molecule has 0 fully saturated rings. The predicted octanol–water partition coefficient (Wildman–Crippen LogP) is 2.18. The first-order valence-corrected chi connectivity index (χ1v) is 7.28. The van der Waals surface area contributed by atoms with Crippen LogP contribution < -0.4 is 16.4 Å². The minimum Gasteiger partial charge on any atom is -0.351 e. The van der Waals surface area contributed by atoms with Gasteiger partial charge in [0.05, 0.1) is 11.1 Å². The van der Waals surface area contributed by atoms with Crippen LogP contribution in [0.15, 0.2) is 22.9 Å². The van der Waals surface area contributed by atoms with Crippen LogP contribution in [0.4, 0.5) is 9.80 Å². The van der Waals surface area contributed by atoms with Gasteiger partial charge in [-0.1, -0.05) is 0 Å². The lowest BCUT2D eigenvalue weighted by Gasteiger charge is -2.04. The molecule has 0 aliphatic carbocycles. The van der Waals surface area contributed by atoms with Crippen molar-refractivity contribution in [3.05, 3.63) is 38.9 Å². The number of imide groups is 1. The number of primary amides is 1. The number of carbonyl (C=O) groups is 3. The Hall–Kier alpha value is -2.19. The first-order valence-electron chi connectivity index (χ1n) is 5.52. The Morgan fingerprint density at radius 1 is 1.20 bits per heavy atom. The van der Waals surface area contributed by atoms with E-state index in [9.17, 15) is 14.4 Å². The Bertz CT molecular complexity index is 675. The van der Waals surface area contributed by atoms with Crippen LogP contribution in [0.5, 0.6) is 0 Å². The molecular formula is C12H11N3O3S2. The summed E-state index contributed by atoms with van der Waals surface area (Å²) in [6, 6.07) is 2.33. The van der Waals surface area contributed by atoms with E-state index in [1.54, 1.807) is 16.8 Å². The molecule has 104 valence electrons. The average molecular weight is 309 g/mol. The standard InChI is InChI=1S/C12H11N3O3S2/c1-6-4-7(5-20-6)9(16)14-11-8(2-3-19-11)10(17)15-12(13)18/h2-5H,1H3,(H,14,16)(H3,13,15,17,18). The van der Waals surface area contributed by atoms with Gasteiger partial charge in [-0.2, -0.15) is 0 Å². The van der Waals surface area contributed by atoms with Gasteiger partial charge in [0.25, 0.3) is 11.8 Å². The second-order valence-corrected chi connectivity index (χ2v) is 5.91. The fraction of sp³-hybridized carbons (Fsp3) is 0.0833. The second-order valence-electron chi connectivity index (χ2n) is 3.88. The molecule has 8 heteroatoms. The van der Waals surface area contributed by atoms with Gasteiger partial charge in [0.1, 0.15) is 5.00 Å². The van der Waals surface area contributed by atoms with Gasteiger partial charge in [-0.05, 0) is 24.4 Å². The molecule has 2 aromatic rings. The zero-order valence-corrected chi connectivity index (χ0v) is 12.1. The highest BCUT2D eigenvalue weighted by Crippen LogP contribution is 2.24. The highest BCUT2D eigenvalue weighted by molar-refractivity contribution is 7.14. The van der Waals surface area contributed by atoms with Crippen molar-refractivity contribution in [3.63, 3.8) is 0 Å². The van der Waals surface area contributed by atoms with Crippen LogP contribution in [0.1, 0.15) is 25.6 Å². The third kappa shape index (κ3) is 3.22. The van der Waals surface area contributed by atoms with E-state index < -0.39 is 11.9 Å². The molecule has 0 aromatic carbocycles. The molecule has 0 radical (unpaired) electrons. The monoisotopic (exact) mass is 309 g/mol. The van der Waals surface area contributed by atoms with E-state index >= 15 is 0 Å². The molecule has 2 rings (SSSR count). The number of thiophene rings is 2. The molecule has 0 saturated carbocycles. The van der Waals surface area contributed by atoms with E-state index in [1.165, 1.54) is 28.7 Å². The molecule has 0 aliphatic heterocycles. The Balaban J connectivity index is 2.14. The van der Waals surface area contributed by atoms with Crippen molar-refractivity contribution in [1.82, 2.24) is 5.32 Å². The topological polar surface area (TPSA) is 101 Å². The zero-order chi connectivity index (χ0) is 14.7. The van der Waals surface area contributed by atoms with Crippen molar-refractivity contribution in [2.45, 2.75) is 6.92 Å². The van der Waals surface area contributed by atoms with Crippen molar-refractivity contribution in [2.24, 2.45) is 5.73 Å². The summed E-state index contributed by atoms with van der Waals surface area (Å²) in [7, 11) is 0. The third-order valence-electron chi connectivity index (χ3n) is 2.37. The molecule has 2 heterocycles. The average Bonchev–Trinajstić information content (AvgIpc) is 2.97. The number of urea groups is 1. The fourth-order valence-corrected chi connectivity index (χ4v) is 2.96. The summed E-state index contributed by atoms with van der Waals surface area (Å²) in [6.07, 6.45) is 0. The maximum absolute atomic E-state index is 12.0. The Labute approximate surface area is 122 Å². The summed E-state index contributed by atoms with van der Waals surface area (Å²) in [6.45, 7) is 1.90. The molecule has 0 bridgehead atoms. The van der Waals surface area contributed by atoms with Crippen molar-refractivity contribution < 1.29 is 14.4 Å². The van der Waals surface area contributed by atoms with Gasteiger partial charge in [0.2, 0.25) is 0 Å². The molecule has 4 N–H and O–H groups in total. The number of hydrogen-bond acceptors (Lipinski definition) is 5. The van der Waals surface area contributed by atoms with Crippen LogP contribution in [0.2, 0.25) is 0 Å². The molecule has 0 aliphatic rings. The Kier molecular flexibility index (Phi) is 4.16. The van der Waals surface area contributed by atoms with Crippen molar-refractivity contribution >= 4 is 45.5 Å². The summed E-state index contributed by atoms with van der Waals surface area (Å²) >= 11 is 2.66. The summed E-state index contributed by atoms with van der Waals surface area (Å²) < 4.78 is 0. The number of nitrogens with one attached hydrogen (secondary N) is 2. The van der Waals surface area contributed by atoms with Gasteiger partial charge in [-0.3, -0.25) is 14.9 Å². The normalized spacial score (nSPS) is 10.1. The molecule has 0 atom stereocenters. The third-order valence-corrected chi connectivity index (χ3v) is 4.06. The summed E-state index contributed by atoms with van der Waals surface area (Å²) in [5.74, 6) is -0.944. The van der Waals surface area contributed by atoms with Crippen LogP contribution in [0, 0.1) is 6.92 Å². The van der Waals surface area contributed by atoms with Crippen LogP contribution in [0.25, 0.3) is 0 Å². The fourth-order valence-electron chi connectivity index (χ4n) is 1.50. The SMILES string of the molecule is Cc1cc(C(=O)Nc2sccc2C(=O)NC(N)=O)cs1. The van der Waals surface area contributed by atoms with Gasteiger partial charge < -0.3 is 11.1 Å². The van der Waals surface area contributed by atoms with Crippen LogP contribution in [0.3, 0.4) is 0 Å². The minimum atomic E-state index is -0.938. The van der Waals surface area contributed by atoms with Crippen LogP contribution in [-0.2, 0) is 0 Å².